The predicted molar refractivity (Wildman–Crippen MR) is 81.2 cm³/mol. The highest BCUT2D eigenvalue weighted by atomic mass is 35.5. The highest BCUT2D eigenvalue weighted by Gasteiger charge is 2.14. The molecule has 0 aliphatic rings. The maximum atomic E-state index is 11.9. The van der Waals surface area contributed by atoms with Crippen LogP contribution in [0.2, 0.25) is 5.02 Å². The van der Waals surface area contributed by atoms with Crippen LogP contribution in [0.15, 0.2) is 24.3 Å². The highest BCUT2D eigenvalue weighted by molar-refractivity contribution is 6.31. The van der Waals surface area contributed by atoms with E-state index in [9.17, 15) is 9.90 Å². The molecule has 1 aromatic carbocycles. The summed E-state index contributed by atoms with van der Waals surface area (Å²) in [5, 5.41) is 20.2. The molecule has 2 aromatic rings. The smallest absolute Gasteiger partial charge is 0.224 e. The van der Waals surface area contributed by atoms with E-state index < -0.39 is 6.10 Å². The summed E-state index contributed by atoms with van der Waals surface area (Å²) in [5.41, 5.74) is 3.19. The van der Waals surface area contributed by atoms with Gasteiger partial charge in [-0.3, -0.25) is 9.89 Å². The summed E-state index contributed by atoms with van der Waals surface area (Å²) in [6.45, 7) is 3.85. The van der Waals surface area contributed by atoms with E-state index in [1.165, 1.54) is 0 Å². The van der Waals surface area contributed by atoms with Crippen molar-refractivity contribution in [1.82, 2.24) is 15.5 Å². The molecule has 1 atom stereocenters. The van der Waals surface area contributed by atoms with E-state index in [1.807, 2.05) is 13.8 Å². The second kappa shape index (κ2) is 6.74. The van der Waals surface area contributed by atoms with Gasteiger partial charge in [-0.25, -0.2) is 0 Å². The quantitative estimate of drug-likeness (QED) is 0.791. The molecule has 2 rings (SSSR count). The van der Waals surface area contributed by atoms with E-state index in [0.717, 1.165) is 17.0 Å². The molecule has 112 valence electrons. The van der Waals surface area contributed by atoms with Gasteiger partial charge in [0, 0.05) is 28.4 Å². The fraction of sp³-hybridized carbons (Fsp3) is 0.333. The van der Waals surface area contributed by atoms with Crippen LogP contribution in [0.4, 0.5) is 0 Å². The number of aromatic amines is 1. The Balaban J connectivity index is 1.91. The molecule has 1 aromatic heterocycles. The summed E-state index contributed by atoms with van der Waals surface area (Å²) in [4.78, 5) is 11.9. The van der Waals surface area contributed by atoms with Crippen molar-refractivity contribution in [2.45, 2.75) is 26.4 Å². The summed E-state index contributed by atoms with van der Waals surface area (Å²) in [7, 11) is 0. The molecule has 21 heavy (non-hydrogen) atoms. The third-order valence-corrected chi connectivity index (χ3v) is 3.72. The van der Waals surface area contributed by atoms with Gasteiger partial charge in [0.25, 0.3) is 0 Å². The van der Waals surface area contributed by atoms with Crippen molar-refractivity contribution in [3.05, 3.63) is 51.8 Å². The SMILES string of the molecule is Cc1n[nH]c(C)c1CC(=O)NC[C@H](O)c1ccccc1Cl. The Morgan fingerprint density at radius 2 is 2.14 bits per heavy atom. The number of halogens is 1. The van der Waals surface area contributed by atoms with E-state index >= 15 is 0 Å². The van der Waals surface area contributed by atoms with Gasteiger partial charge in [-0.2, -0.15) is 5.10 Å². The lowest BCUT2D eigenvalue weighted by atomic mass is 10.1. The van der Waals surface area contributed by atoms with Gasteiger partial charge in [0.2, 0.25) is 5.91 Å². The van der Waals surface area contributed by atoms with Crippen molar-refractivity contribution in [3.8, 4) is 0 Å². The fourth-order valence-corrected chi connectivity index (χ4v) is 2.39. The highest BCUT2D eigenvalue weighted by Crippen LogP contribution is 2.21. The van der Waals surface area contributed by atoms with Crippen molar-refractivity contribution in [1.29, 1.82) is 0 Å². The fourth-order valence-electron chi connectivity index (χ4n) is 2.12. The molecule has 0 radical (unpaired) electrons. The van der Waals surface area contributed by atoms with Crippen LogP contribution in [0, 0.1) is 13.8 Å². The molecule has 0 bridgehead atoms. The number of nitrogens with zero attached hydrogens (tertiary/aromatic N) is 1. The Kier molecular flexibility index (Phi) is 4.98. The second-order valence-corrected chi connectivity index (χ2v) is 5.34. The van der Waals surface area contributed by atoms with Gasteiger partial charge in [0.15, 0.2) is 0 Å². The lowest BCUT2D eigenvalue weighted by Gasteiger charge is -2.13. The molecular formula is C15H18ClN3O2. The lowest BCUT2D eigenvalue weighted by molar-refractivity contribution is -0.120. The molecule has 5 nitrogen and oxygen atoms in total. The standard InChI is InChI=1S/C15H18ClN3O2/c1-9-12(10(2)19-18-9)7-15(21)17-8-14(20)11-5-3-4-6-13(11)16/h3-6,14,20H,7-8H2,1-2H3,(H,17,21)(H,18,19)/t14-/m0/s1. The molecule has 0 unspecified atom stereocenters. The normalized spacial score (nSPS) is 12.2. The summed E-state index contributed by atoms with van der Waals surface area (Å²) >= 11 is 6.01. The maximum absolute atomic E-state index is 11.9. The number of H-pyrrole nitrogens is 1. The van der Waals surface area contributed by atoms with Crippen LogP contribution >= 0.6 is 11.6 Å². The van der Waals surface area contributed by atoms with Gasteiger partial charge < -0.3 is 10.4 Å². The molecule has 1 heterocycles. The van der Waals surface area contributed by atoms with Crippen molar-refractivity contribution < 1.29 is 9.90 Å². The average molecular weight is 308 g/mol. The molecule has 6 heteroatoms. The molecule has 0 aliphatic heterocycles. The Labute approximate surface area is 128 Å². The van der Waals surface area contributed by atoms with Crippen molar-refractivity contribution in [2.75, 3.05) is 6.54 Å². The first-order valence-electron chi connectivity index (χ1n) is 6.68. The number of carbonyl (C=O) groups is 1. The zero-order chi connectivity index (χ0) is 15.4. The number of aliphatic hydroxyl groups is 1. The number of aryl methyl sites for hydroxylation is 2. The minimum Gasteiger partial charge on any atom is -0.387 e. The van der Waals surface area contributed by atoms with Crippen molar-refractivity contribution >= 4 is 17.5 Å². The Morgan fingerprint density at radius 1 is 1.43 bits per heavy atom. The molecule has 0 fully saturated rings. The number of rotatable bonds is 5. The van der Waals surface area contributed by atoms with E-state index in [2.05, 4.69) is 15.5 Å². The van der Waals surface area contributed by atoms with Crippen molar-refractivity contribution in [3.63, 3.8) is 0 Å². The zero-order valence-electron chi connectivity index (χ0n) is 12.0. The van der Waals surface area contributed by atoms with Gasteiger partial charge in [-0.1, -0.05) is 29.8 Å². The third-order valence-electron chi connectivity index (χ3n) is 3.37. The third kappa shape index (κ3) is 3.83. The molecule has 3 N–H and O–H groups in total. The monoisotopic (exact) mass is 307 g/mol. The lowest BCUT2D eigenvalue weighted by Crippen LogP contribution is -2.30. The molecular weight excluding hydrogens is 290 g/mol. The van der Waals surface area contributed by atoms with Crippen LogP contribution < -0.4 is 5.32 Å². The minimum absolute atomic E-state index is 0.124. The van der Waals surface area contributed by atoms with E-state index in [-0.39, 0.29) is 18.9 Å². The molecule has 0 spiro atoms. The van der Waals surface area contributed by atoms with Crippen molar-refractivity contribution in [2.24, 2.45) is 0 Å². The Morgan fingerprint density at radius 3 is 2.76 bits per heavy atom. The summed E-state index contributed by atoms with van der Waals surface area (Å²) < 4.78 is 0. The number of carbonyl (C=O) groups excluding carboxylic acids is 1. The average Bonchev–Trinajstić information content (AvgIpc) is 2.77. The first kappa shape index (κ1) is 15.5. The number of aliphatic hydroxyl groups excluding tert-OH is 1. The maximum Gasteiger partial charge on any atom is 0.224 e. The van der Waals surface area contributed by atoms with E-state index in [1.54, 1.807) is 24.3 Å². The van der Waals surface area contributed by atoms with Gasteiger partial charge in [-0.05, 0) is 19.9 Å². The number of amides is 1. The summed E-state index contributed by atoms with van der Waals surface area (Å²) in [5.74, 6) is -0.159. The van der Waals surface area contributed by atoms with Gasteiger partial charge in [-0.15, -0.1) is 0 Å². The van der Waals surface area contributed by atoms with Crippen LogP contribution in [0.3, 0.4) is 0 Å². The first-order chi connectivity index (χ1) is 9.99. The number of benzene rings is 1. The van der Waals surface area contributed by atoms with Gasteiger partial charge in [0.05, 0.1) is 18.2 Å². The Bertz CT molecular complexity index is 620. The number of nitrogens with one attached hydrogen (secondary N) is 2. The second-order valence-electron chi connectivity index (χ2n) is 4.93. The first-order valence-corrected chi connectivity index (χ1v) is 7.06. The van der Waals surface area contributed by atoms with E-state index in [4.69, 9.17) is 11.6 Å². The van der Waals surface area contributed by atoms with Crippen LogP contribution in [-0.4, -0.2) is 27.8 Å². The minimum atomic E-state index is -0.825. The topological polar surface area (TPSA) is 78.0 Å². The van der Waals surface area contributed by atoms with Crippen LogP contribution in [0.1, 0.15) is 28.6 Å². The number of aromatic nitrogens is 2. The summed E-state index contributed by atoms with van der Waals surface area (Å²) in [6, 6.07) is 7.04. The van der Waals surface area contributed by atoms with Gasteiger partial charge in [0.1, 0.15) is 0 Å². The predicted octanol–water partition coefficient (Wildman–Crippen LogP) is 2.07. The summed E-state index contributed by atoms with van der Waals surface area (Å²) in [6.07, 6.45) is -0.585. The molecule has 1 amide bonds. The Hall–Kier alpha value is -1.85. The molecule has 0 saturated carbocycles. The number of hydrogen-bond donors (Lipinski definition) is 3. The largest absolute Gasteiger partial charge is 0.387 e. The molecule has 0 saturated heterocycles. The zero-order valence-corrected chi connectivity index (χ0v) is 12.7. The van der Waals surface area contributed by atoms with Crippen LogP contribution in [-0.2, 0) is 11.2 Å². The van der Waals surface area contributed by atoms with Gasteiger partial charge >= 0.3 is 0 Å². The number of hydrogen-bond acceptors (Lipinski definition) is 3. The molecule has 0 aliphatic carbocycles. The van der Waals surface area contributed by atoms with Crippen LogP contribution in [0.5, 0.6) is 0 Å². The van der Waals surface area contributed by atoms with E-state index in [0.29, 0.717) is 10.6 Å². The van der Waals surface area contributed by atoms with Crippen LogP contribution in [0.25, 0.3) is 0 Å².